The van der Waals surface area contributed by atoms with Crippen molar-refractivity contribution in [3.8, 4) is 0 Å². The van der Waals surface area contributed by atoms with Gasteiger partial charge in [0, 0.05) is 23.8 Å². The molecule has 154 valence electrons. The molecule has 1 saturated heterocycles. The second kappa shape index (κ2) is 9.53. The summed E-state index contributed by atoms with van der Waals surface area (Å²) in [6.07, 6.45) is 1.19. The van der Waals surface area contributed by atoms with Gasteiger partial charge in [0.25, 0.3) is 0 Å². The van der Waals surface area contributed by atoms with E-state index >= 15 is 0 Å². The molecule has 1 heterocycles. The van der Waals surface area contributed by atoms with Crippen molar-refractivity contribution in [3.63, 3.8) is 0 Å². The molecular formula is C19H21ClN4O3S2. The van der Waals surface area contributed by atoms with E-state index in [2.05, 4.69) is 16.2 Å². The third kappa shape index (κ3) is 5.66. The third-order valence-corrected chi connectivity index (χ3v) is 6.87. The number of carbonyl (C=O) groups is 1. The van der Waals surface area contributed by atoms with Crippen LogP contribution in [-0.4, -0.2) is 36.8 Å². The number of amides is 1. The van der Waals surface area contributed by atoms with Crippen LogP contribution >= 0.6 is 23.8 Å². The molecule has 7 nitrogen and oxygen atoms in total. The molecule has 3 rings (SSSR count). The lowest BCUT2D eigenvalue weighted by atomic mass is 9.99. The highest BCUT2D eigenvalue weighted by Crippen LogP contribution is 2.24. The fourth-order valence-electron chi connectivity index (χ4n) is 3.03. The van der Waals surface area contributed by atoms with Crippen molar-refractivity contribution >= 4 is 50.5 Å². The second-order valence-electron chi connectivity index (χ2n) is 6.59. The first kappa shape index (κ1) is 21.5. The Hall–Kier alpha value is -2.20. The van der Waals surface area contributed by atoms with Gasteiger partial charge in [0.05, 0.1) is 10.8 Å². The average Bonchev–Trinajstić information content (AvgIpc) is 2.73. The highest BCUT2D eigenvalue weighted by molar-refractivity contribution is 7.89. The molecular weight excluding hydrogens is 432 g/mol. The molecule has 2 aromatic carbocycles. The number of thiocarbonyl (C=S) groups is 1. The van der Waals surface area contributed by atoms with E-state index in [1.807, 2.05) is 30.3 Å². The van der Waals surface area contributed by atoms with Gasteiger partial charge in [-0.25, -0.2) is 8.42 Å². The van der Waals surface area contributed by atoms with Gasteiger partial charge in [-0.15, -0.1) is 0 Å². The van der Waals surface area contributed by atoms with E-state index in [-0.39, 0.29) is 22.5 Å². The number of anilines is 1. The molecule has 0 aliphatic carbocycles. The van der Waals surface area contributed by atoms with Crippen molar-refractivity contribution in [2.75, 3.05) is 18.4 Å². The van der Waals surface area contributed by atoms with Crippen LogP contribution in [0.1, 0.15) is 12.8 Å². The van der Waals surface area contributed by atoms with Gasteiger partial charge in [0.1, 0.15) is 0 Å². The minimum Gasteiger partial charge on any atom is -0.331 e. The van der Waals surface area contributed by atoms with Gasteiger partial charge in [-0.3, -0.25) is 15.6 Å². The molecule has 1 aliphatic heterocycles. The van der Waals surface area contributed by atoms with Gasteiger partial charge < -0.3 is 5.32 Å². The van der Waals surface area contributed by atoms with Gasteiger partial charge >= 0.3 is 0 Å². The number of para-hydroxylation sites is 1. The first-order chi connectivity index (χ1) is 13.9. The second-order valence-corrected chi connectivity index (χ2v) is 9.37. The molecule has 1 amide bonds. The van der Waals surface area contributed by atoms with E-state index in [9.17, 15) is 13.2 Å². The minimum atomic E-state index is -3.68. The van der Waals surface area contributed by atoms with Crippen LogP contribution in [0.15, 0.2) is 59.5 Å². The maximum Gasteiger partial charge on any atom is 0.243 e. The first-order valence-electron chi connectivity index (χ1n) is 9.04. The summed E-state index contributed by atoms with van der Waals surface area (Å²) < 4.78 is 27.0. The van der Waals surface area contributed by atoms with Gasteiger partial charge in [-0.05, 0) is 61.5 Å². The lowest BCUT2D eigenvalue weighted by Gasteiger charge is -2.31. The van der Waals surface area contributed by atoms with Crippen LogP contribution in [0.4, 0.5) is 5.69 Å². The summed E-state index contributed by atoms with van der Waals surface area (Å²) in [5.41, 5.74) is 6.01. The lowest BCUT2D eigenvalue weighted by Crippen LogP contribution is -2.50. The minimum absolute atomic E-state index is 0.108. The van der Waals surface area contributed by atoms with Gasteiger partial charge in [-0.2, -0.15) is 4.31 Å². The molecule has 3 N–H and O–H groups in total. The van der Waals surface area contributed by atoms with Gasteiger partial charge in [-0.1, -0.05) is 29.8 Å². The van der Waals surface area contributed by atoms with Crippen molar-refractivity contribution in [3.05, 3.63) is 59.6 Å². The first-order valence-corrected chi connectivity index (χ1v) is 11.3. The molecule has 1 unspecified atom stereocenters. The molecule has 2 aromatic rings. The van der Waals surface area contributed by atoms with Gasteiger partial charge in [0.15, 0.2) is 5.11 Å². The summed E-state index contributed by atoms with van der Waals surface area (Å²) in [5.74, 6) is -0.781. The van der Waals surface area contributed by atoms with Crippen LogP contribution in [0.5, 0.6) is 0 Å². The predicted octanol–water partition coefficient (Wildman–Crippen LogP) is 2.76. The van der Waals surface area contributed by atoms with E-state index in [1.165, 1.54) is 28.6 Å². The molecule has 29 heavy (non-hydrogen) atoms. The number of nitrogens with zero attached hydrogens (tertiary/aromatic N) is 1. The largest absolute Gasteiger partial charge is 0.331 e. The molecule has 0 bridgehead atoms. The Bertz CT molecular complexity index is 969. The molecule has 0 aromatic heterocycles. The van der Waals surface area contributed by atoms with E-state index in [0.29, 0.717) is 24.4 Å². The van der Waals surface area contributed by atoms with Crippen molar-refractivity contribution in [2.45, 2.75) is 17.7 Å². The zero-order chi connectivity index (χ0) is 20.9. The maximum atomic E-state index is 12.8. The quantitative estimate of drug-likeness (QED) is 0.488. The molecule has 0 saturated carbocycles. The molecule has 0 spiro atoms. The van der Waals surface area contributed by atoms with E-state index in [4.69, 9.17) is 23.8 Å². The zero-order valence-electron chi connectivity index (χ0n) is 15.5. The molecule has 1 atom stereocenters. The SMILES string of the molecule is O=C(NNC(=S)Nc1ccccc1)C1CCCN(S(=O)(=O)c2ccc(Cl)cc2)C1. The average molecular weight is 453 g/mol. The van der Waals surface area contributed by atoms with Crippen LogP contribution in [0, 0.1) is 5.92 Å². The number of hydrogen-bond acceptors (Lipinski definition) is 4. The topological polar surface area (TPSA) is 90.5 Å². The lowest BCUT2D eigenvalue weighted by molar-refractivity contribution is -0.126. The summed E-state index contributed by atoms with van der Waals surface area (Å²) >= 11 is 11.0. The number of nitrogens with one attached hydrogen (secondary N) is 3. The maximum absolute atomic E-state index is 12.8. The highest BCUT2D eigenvalue weighted by Gasteiger charge is 2.33. The van der Waals surface area contributed by atoms with Crippen LogP contribution in [0.25, 0.3) is 0 Å². The van der Waals surface area contributed by atoms with Crippen LogP contribution in [0.3, 0.4) is 0 Å². The summed E-state index contributed by atoms with van der Waals surface area (Å²) in [5, 5.41) is 3.65. The standard InChI is InChI=1S/C19H21ClN4O3S2/c20-15-8-10-17(11-9-15)29(26,27)24-12-4-5-14(13-24)18(25)22-23-19(28)21-16-6-2-1-3-7-16/h1-3,6-11,14H,4-5,12-13H2,(H,22,25)(H2,21,23,28). The van der Waals surface area contributed by atoms with Crippen molar-refractivity contribution in [2.24, 2.45) is 5.92 Å². The summed E-state index contributed by atoms with van der Waals surface area (Å²) in [4.78, 5) is 12.7. The normalized spacial score (nSPS) is 17.3. The fourth-order valence-corrected chi connectivity index (χ4v) is 4.85. The smallest absolute Gasteiger partial charge is 0.243 e. The van der Waals surface area contributed by atoms with Crippen LogP contribution < -0.4 is 16.2 Å². The summed E-state index contributed by atoms with van der Waals surface area (Å²) in [7, 11) is -3.68. The third-order valence-electron chi connectivity index (χ3n) is 4.54. The van der Waals surface area contributed by atoms with E-state index < -0.39 is 15.9 Å². The van der Waals surface area contributed by atoms with E-state index in [0.717, 1.165) is 5.69 Å². The number of hydrazine groups is 1. The Labute approximate surface area is 180 Å². The molecule has 1 fully saturated rings. The number of halogens is 1. The fraction of sp³-hybridized carbons (Fsp3) is 0.263. The van der Waals surface area contributed by atoms with Crippen molar-refractivity contribution < 1.29 is 13.2 Å². The van der Waals surface area contributed by atoms with Crippen LogP contribution in [0.2, 0.25) is 5.02 Å². The Morgan fingerprint density at radius 2 is 1.76 bits per heavy atom. The number of carbonyl (C=O) groups excluding carboxylic acids is 1. The summed E-state index contributed by atoms with van der Waals surface area (Å²) in [6.45, 7) is 0.480. The Kier molecular flexibility index (Phi) is 7.07. The number of piperidine rings is 1. The monoisotopic (exact) mass is 452 g/mol. The number of sulfonamides is 1. The van der Waals surface area contributed by atoms with Gasteiger partial charge in [0.2, 0.25) is 15.9 Å². The van der Waals surface area contributed by atoms with Crippen molar-refractivity contribution in [1.82, 2.24) is 15.2 Å². The Morgan fingerprint density at radius 3 is 2.45 bits per heavy atom. The Morgan fingerprint density at radius 1 is 1.07 bits per heavy atom. The molecule has 1 aliphatic rings. The Balaban J connectivity index is 1.56. The molecule has 0 radical (unpaired) electrons. The van der Waals surface area contributed by atoms with E-state index in [1.54, 1.807) is 0 Å². The number of rotatable bonds is 4. The molecule has 10 heteroatoms. The summed E-state index contributed by atoms with van der Waals surface area (Å²) in [6, 6.07) is 15.3. The number of benzene rings is 2. The van der Waals surface area contributed by atoms with Crippen molar-refractivity contribution in [1.29, 1.82) is 0 Å². The highest BCUT2D eigenvalue weighted by atomic mass is 35.5. The predicted molar refractivity (Wildman–Crippen MR) is 117 cm³/mol. The zero-order valence-corrected chi connectivity index (χ0v) is 17.9. The van der Waals surface area contributed by atoms with Crippen LogP contribution in [-0.2, 0) is 14.8 Å². The number of hydrogen-bond donors (Lipinski definition) is 3.